The van der Waals surface area contributed by atoms with Crippen LogP contribution in [0.1, 0.15) is 30.1 Å². The quantitative estimate of drug-likeness (QED) is 0.370. The summed E-state index contributed by atoms with van der Waals surface area (Å²) < 4.78 is 5.18. The molecule has 0 saturated carbocycles. The van der Waals surface area contributed by atoms with Gasteiger partial charge < -0.3 is 9.64 Å². The Morgan fingerprint density at radius 1 is 0.886 bits per heavy atom. The highest BCUT2D eigenvalue weighted by atomic mass is 16.5. The van der Waals surface area contributed by atoms with Crippen molar-refractivity contribution in [3.8, 4) is 22.5 Å². The Morgan fingerprint density at radius 3 is 2.14 bits per heavy atom. The summed E-state index contributed by atoms with van der Waals surface area (Å²) in [5.41, 5.74) is 5.45. The molecule has 0 unspecified atom stereocenters. The number of ether oxygens (including phenoxy) is 1. The standard InChI is InChI=1S/C29H27N3O3/c1-2-35-29(34)23-14-9-17-32(19-23)28(33)22-15-16-24-25(18-22)31-27(21-12-7-4-8-13-21)26(30-24)20-10-5-3-6-11-20/h3-8,10-13,15-16,18,23H,2,9,14,17,19H2,1H3/t23-/m0/s1. The number of fused-ring (bicyclic) bond motifs is 1. The maximum Gasteiger partial charge on any atom is 0.310 e. The number of aromatic nitrogens is 2. The van der Waals surface area contributed by atoms with Gasteiger partial charge in [-0.05, 0) is 38.0 Å². The summed E-state index contributed by atoms with van der Waals surface area (Å²) in [6.45, 7) is 3.15. The lowest BCUT2D eigenvalue weighted by Crippen LogP contribution is -2.42. The lowest BCUT2D eigenvalue weighted by molar-refractivity contribution is -0.149. The lowest BCUT2D eigenvalue weighted by atomic mass is 9.97. The molecule has 2 heterocycles. The zero-order valence-electron chi connectivity index (χ0n) is 19.7. The predicted octanol–water partition coefficient (Wildman–Crippen LogP) is 5.38. The highest BCUT2D eigenvalue weighted by molar-refractivity contribution is 5.98. The second-order valence-corrected chi connectivity index (χ2v) is 8.70. The molecule has 35 heavy (non-hydrogen) atoms. The molecule has 0 spiro atoms. The number of piperidine rings is 1. The van der Waals surface area contributed by atoms with Crippen molar-refractivity contribution in [1.29, 1.82) is 0 Å². The first-order valence-electron chi connectivity index (χ1n) is 12.0. The minimum absolute atomic E-state index is 0.101. The SMILES string of the molecule is CCOC(=O)[C@H]1CCCN(C(=O)c2ccc3nc(-c4ccccc4)c(-c4ccccc4)nc3c2)C1. The first-order chi connectivity index (χ1) is 17.1. The van der Waals surface area contributed by atoms with Crippen LogP contribution in [0.15, 0.2) is 78.9 Å². The maximum absolute atomic E-state index is 13.3. The molecule has 1 saturated heterocycles. The van der Waals surface area contributed by atoms with Crippen molar-refractivity contribution < 1.29 is 14.3 Å². The summed E-state index contributed by atoms with van der Waals surface area (Å²) in [6, 6.07) is 25.4. The number of likely N-dealkylation sites (tertiary alicyclic amines) is 1. The van der Waals surface area contributed by atoms with Gasteiger partial charge in [-0.15, -0.1) is 0 Å². The van der Waals surface area contributed by atoms with Crippen molar-refractivity contribution in [2.75, 3.05) is 19.7 Å². The number of rotatable bonds is 5. The number of nitrogens with zero attached hydrogens (tertiary/aromatic N) is 3. The van der Waals surface area contributed by atoms with Crippen LogP contribution in [0.4, 0.5) is 0 Å². The Labute approximate surface area is 204 Å². The summed E-state index contributed by atoms with van der Waals surface area (Å²) in [6.07, 6.45) is 1.52. The van der Waals surface area contributed by atoms with Crippen LogP contribution >= 0.6 is 0 Å². The van der Waals surface area contributed by atoms with E-state index in [0.29, 0.717) is 30.8 Å². The van der Waals surface area contributed by atoms with E-state index in [1.807, 2.05) is 66.7 Å². The number of esters is 1. The van der Waals surface area contributed by atoms with Gasteiger partial charge in [0.05, 0.1) is 34.9 Å². The molecule has 0 radical (unpaired) electrons. The van der Waals surface area contributed by atoms with E-state index in [1.165, 1.54) is 0 Å². The molecule has 1 amide bonds. The van der Waals surface area contributed by atoms with Crippen LogP contribution in [0.5, 0.6) is 0 Å². The normalized spacial score (nSPS) is 15.7. The van der Waals surface area contributed by atoms with Gasteiger partial charge in [-0.2, -0.15) is 0 Å². The molecule has 0 N–H and O–H groups in total. The van der Waals surface area contributed by atoms with Gasteiger partial charge in [0.1, 0.15) is 0 Å². The van der Waals surface area contributed by atoms with Gasteiger partial charge >= 0.3 is 5.97 Å². The Hall–Kier alpha value is -4.06. The van der Waals surface area contributed by atoms with Gasteiger partial charge in [0, 0.05) is 29.8 Å². The van der Waals surface area contributed by atoms with Gasteiger partial charge in [0.15, 0.2) is 0 Å². The summed E-state index contributed by atoms with van der Waals surface area (Å²) in [4.78, 5) is 37.2. The molecule has 3 aromatic carbocycles. The van der Waals surface area contributed by atoms with Crippen molar-refractivity contribution in [2.45, 2.75) is 19.8 Å². The number of hydrogen-bond donors (Lipinski definition) is 0. The van der Waals surface area contributed by atoms with Crippen LogP contribution in [0, 0.1) is 5.92 Å². The summed E-state index contributed by atoms with van der Waals surface area (Å²) >= 11 is 0. The first-order valence-corrected chi connectivity index (χ1v) is 12.0. The number of carbonyl (C=O) groups is 2. The molecule has 0 aliphatic carbocycles. The fourth-order valence-corrected chi connectivity index (χ4v) is 4.58. The molecule has 1 atom stereocenters. The van der Waals surface area contributed by atoms with Gasteiger partial charge in [0.25, 0.3) is 5.91 Å². The van der Waals surface area contributed by atoms with E-state index in [-0.39, 0.29) is 17.8 Å². The summed E-state index contributed by atoms with van der Waals surface area (Å²) in [5.74, 6) is -0.600. The minimum Gasteiger partial charge on any atom is -0.466 e. The minimum atomic E-state index is -0.272. The number of benzene rings is 3. The van der Waals surface area contributed by atoms with Crippen LogP contribution in [-0.2, 0) is 9.53 Å². The van der Waals surface area contributed by atoms with Crippen LogP contribution in [0.3, 0.4) is 0 Å². The van der Waals surface area contributed by atoms with E-state index >= 15 is 0 Å². The lowest BCUT2D eigenvalue weighted by Gasteiger charge is -2.31. The largest absolute Gasteiger partial charge is 0.466 e. The van der Waals surface area contributed by atoms with E-state index in [4.69, 9.17) is 14.7 Å². The Balaban J connectivity index is 1.51. The fourth-order valence-electron chi connectivity index (χ4n) is 4.58. The number of hydrogen-bond acceptors (Lipinski definition) is 5. The average Bonchev–Trinajstić information content (AvgIpc) is 2.93. The fraction of sp³-hybridized carbons (Fsp3) is 0.241. The van der Waals surface area contributed by atoms with Crippen LogP contribution in [-0.4, -0.2) is 46.4 Å². The van der Waals surface area contributed by atoms with Crippen LogP contribution < -0.4 is 0 Å². The first kappa shape index (κ1) is 22.7. The molecular formula is C29H27N3O3. The van der Waals surface area contributed by atoms with E-state index in [0.717, 1.165) is 40.9 Å². The molecule has 1 aromatic heterocycles. The molecule has 6 nitrogen and oxygen atoms in total. The van der Waals surface area contributed by atoms with E-state index in [2.05, 4.69) is 0 Å². The smallest absolute Gasteiger partial charge is 0.310 e. The second kappa shape index (κ2) is 10.1. The molecule has 1 fully saturated rings. The second-order valence-electron chi connectivity index (χ2n) is 8.70. The van der Waals surface area contributed by atoms with E-state index < -0.39 is 0 Å². The predicted molar refractivity (Wildman–Crippen MR) is 136 cm³/mol. The molecule has 4 aromatic rings. The van der Waals surface area contributed by atoms with Crippen LogP contribution in [0.25, 0.3) is 33.5 Å². The van der Waals surface area contributed by atoms with Gasteiger partial charge in [-0.25, -0.2) is 9.97 Å². The zero-order chi connectivity index (χ0) is 24.2. The van der Waals surface area contributed by atoms with Crippen molar-refractivity contribution in [3.05, 3.63) is 84.4 Å². The van der Waals surface area contributed by atoms with Crippen molar-refractivity contribution >= 4 is 22.9 Å². The van der Waals surface area contributed by atoms with E-state index in [9.17, 15) is 9.59 Å². The highest BCUT2D eigenvalue weighted by Gasteiger charge is 2.30. The Bertz CT molecular complexity index is 1360. The molecule has 6 heteroatoms. The molecule has 1 aliphatic heterocycles. The maximum atomic E-state index is 13.3. The van der Waals surface area contributed by atoms with E-state index in [1.54, 1.807) is 24.0 Å². The number of carbonyl (C=O) groups excluding carboxylic acids is 2. The monoisotopic (exact) mass is 465 g/mol. The third kappa shape index (κ3) is 4.78. The summed E-state index contributed by atoms with van der Waals surface area (Å²) in [7, 11) is 0. The van der Waals surface area contributed by atoms with Crippen LogP contribution in [0.2, 0.25) is 0 Å². The van der Waals surface area contributed by atoms with Crippen molar-refractivity contribution in [3.63, 3.8) is 0 Å². The molecule has 176 valence electrons. The van der Waals surface area contributed by atoms with Crippen molar-refractivity contribution in [1.82, 2.24) is 14.9 Å². The van der Waals surface area contributed by atoms with Gasteiger partial charge in [0.2, 0.25) is 0 Å². The number of amides is 1. The zero-order valence-corrected chi connectivity index (χ0v) is 19.7. The third-order valence-corrected chi connectivity index (χ3v) is 6.33. The molecule has 5 rings (SSSR count). The highest BCUT2D eigenvalue weighted by Crippen LogP contribution is 2.31. The topological polar surface area (TPSA) is 72.4 Å². The average molecular weight is 466 g/mol. The Kier molecular flexibility index (Phi) is 6.53. The molecular weight excluding hydrogens is 438 g/mol. The van der Waals surface area contributed by atoms with Gasteiger partial charge in [-0.3, -0.25) is 9.59 Å². The summed E-state index contributed by atoms with van der Waals surface area (Å²) in [5, 5.41) is 0. The molecule has 0 bridgehead atoms. The Morgan fingerprint density at radius 2 is 1.51 bits per heavy atom. The third-order valence-electron chi connectivity index (χ3n) is 6.33. The molecule has 1 aliphatic rings. The van der Waals surface area contributed by atoms with Crippen molar-refractivity contribution in [2.24, 2.45) is 5.92 Å². The van der Waals surface area contributed by atoms with Gasteiger partial charge in [-0.1, -0.05) is 60.7 Å².